The van der Waals surface area contributed by atoms with Gasteiger partial charge in [-0.05, 0) is 36.6 Å². The zero-order valence-corrected chi connectivity index (χ0v) is 15.5. The van der Waals surface area contributed by atoms with Crippen molar-refractivity contribution in [1.29, 1.82) is 5.26 Å². The quantitative estimate of drug-likeness (QED) is 0.727. The molecule has 1 heterocycles. The number of carbonyl (C=O) groups is 1. The molecule has 27 heavy (non-hydrogen) atoms. The maximum Gasteiger partial charge on any atom is 0.255 e. The van der Waals surface area contributed by atoms with Crippen LogP contribution in [0.2, 0.25) is 0 Å². The van der Waals surface area contributed by atoms with Crippen molar-refractivity contribution in [3.8, 4) is 6.07 Å². The first-order chi connectivity index (χ1) is 13.1. The van der Waals surface area contributed by atoms with Crippen LogP contribution in [0.15, 0.2) is 60.8 Å². The molecule has 3 rings (SSSR count). The molecule has 1 amide bonds. The number of hydrogen-bond acceptors (Lipinski definition) is 3. The average Bonchev–Trinajstić information content (AvgIpc) is 3.11. The number of aromatic nitrogens is 2. The Morgan fingerprint density at radius 2 is 1.89 bits per heavy atom. The molecule has 0 spiro atoms. The average molecular weight is 358 g/mol. The lowest BCUT2D eigenvalue weighted by molar-refractivity contribution is 0.0939. The smallest absolute Gasteiger partial charge is 0.255 e. The van der Waals surface area contributed by atoms with E-state index in [9.17, 15) is 4.79 Å². The summed E-state index contributed by atoms with van der Waals surface area (Å²) in [5.74, 6) is -0.136. The molecule has 0 bridgehead atoms. The molecule has 0 saturated heterocycles. The van der Waals surface area contributed by atoms with E-state index in [0.29, 0.717) is 17.7 Å². The molecular formula is C22H22N4O. The molecule has 0 aliphatic heterocycles. The second kappa shape index (κ2) is 8.33. The zero-order valence-electron chi connectivity index (χ0n) is 15.5. The van der Waals surface area contributed by atoms with Crippen LogP contribution in [-0.4, -0.2) is 15.7 Å². The number of hydrogen-bond donors (Lipinski definition) is 1. The van der Waals surface area contributed by atoms with Crippen LogP contribution in [0.3, 0.4) is 0 Å². The fourth-order valence-corrected chi connectivity index (χ4v) is 3.07. The van der Waals surface area contributed by atoms with E-state index in [1.54, 1.807) is 18.3 Å². The Kier molecular flexibility index (Phi) is 5.68. The van der Waals surface area contributed by atoms with Gasteiger partial charge in [-0.15, -0.1) is 0 Å². The van der Waals surface area contributed by atoms with E-state index in [-0.39, 0.29) is 11.9 Å². The number of nitrogens with zero attached hydrogens (tertiary/aromatic N) is 3. The summed E-state index contributed by atoms with van der Waals surface area (Å²) in [5, 5.41) is 16.4. The lowest BCUT2D eigenvalue weighted by Gasteiger charge is -2.15. The first-order valence-corrected chi connectivity index (χ1v) is 9.02. The van der Waals surface area contributed by atoms with Gasteiger partial charge in [0.15, 0.2) is 0 Å². The number of rotatable bonds is 6. The van der Waals surface area contributed by atoms with E-state index in [1.165, 1.54) is 0 Å². The summed E-state index contributed by atoms with van der Waals surface area (Å²) in [4.78, 5) is 12.8. The summed E-state index contributed by atoms with van der Waals surface area (Å²) < 4.78 is 1.89. The first kappa shape index (κ1) is 18.4. The van der Waals surface area contributed by atoms with Crippen LogP contribution in [0.1, 0.15) is 52.6 Å². The Morgan fingerprint density at radius 1 is 1.19 bits per heavy atom. The van der Waals surface area contributed by atoms with Crippen LogP contribution in [-0.2, 0) is 13.0 Å². The minimum absolute atomic E-state index is 0.136. The van der Waals surface area contributed by atoms with Gasteiger partial charge >= 0.3 is 0 Å². The molecule has 0 fully saturated rings. The number of nitrogens with one attached hydrogen (secondary N) is 1. The van der Waals surface area contributed by atoms with E-state index in [4.69, 9.17) is 5.26 Å². The minimum atomic E-state index is -0.160. The molecule has 5 heteroatoms. The fourth-order valence-electron chi connectivity index (χ4n) is 3.07. The van der Waals surface area contributed by atoms with Gasteiger partial charge < -0.3 is 5.32 Å². The lowest BCUT2D eigenvalue weighted by Crippen LogP contribution is -2.27. The maximum atomic E-state index is 12.8. The third-order valence-corrected chi connectivity index (χ3v) is 4.59. The SMILES string of the molecule is CCc1c(C(=O)NC(C)c2ccc(C#N)cc2)cnn1Cc1ccccc1. The Hall–Kier alpha value is -3.39. The van der Waals surface area contributed by atoms with Crippen molar-refractivity contribution in [3.63, 3.8) is 0 Å². The molecule has 5 nitrogen and oxygen atoms in total. The third-order valence-electron chi connectivity index (χ3n) is 4.59. The Balaban J connectivity index is 1.75. The monoisotopic (exact) mass is 358 g/mol. The summed E-state index contributed by atoms with van der Waals surface area (Å²) >= 11 is 0. The maximum absolute atomic E-state index is 12.8. The second-order valence-electron chi connectivity index (χ2n) is 6.43. The Labute approximate surface area is 159 Å². The second-order valence-corrected chi connectivity index (χ2v) is 6.43. The van der Waals surface area contributed by atoms with E-state index in [1.807, 2.05) is 61.0 Å². The normalized spacial score (nSPS) is 11.6. The molecule has 1 aromatic heterocycles. The van der Waals surface area contributed by atoms with Crippen molar-refractivity contribution in [2.75, 3.05) is 0 Å². The summed E-state index contributed by atoms with van der Waals surface area (Å²) in [5.41, 5.74) is 4.23. The van der Waals surface area contributed by atoms with E-state index >= 15 is 0 Å². The van der Waals surface area contributed by atoms with Crippen LogP contribution in [0, 0.1) is 11.3 Å². The highest BCUT2D eigenvalue weighted by Gasteiger charge is 2.18. The van der Waals surface area contributed by atoms with E-state index < -0.39 is 0 Å². The van der Waals surface area contributed by atoms with Crippen molar-refractivity contribution in [2.45, 2.75) is 32.9 Å². The van der Waals surface area contributed by atoms with Gasteiger partial charge in [0.25, 0.3) is 5.91 Å². The Morgan fingerprint density at radius 3 is 2.52 bits per heavy atom. The molecule has 0 aliphatic carbocycles. The molecular weight excluding hydrogens is 336 g/mol. The van der Waals surface area contributed by atoms with Gasteiger partial charge in [0, 0.05) is 0 Å². The van der Waals surface area contributed by atoms with Crippen LogP contribution in [0.5, 0.6) is 0 Å². The first-order valence-electron chi connectivity index (χ1n) is 9.02. The molecule has 3 aromatic rings. The van der Waals surface area contributed by atoms with Gasteiger partial charge in [0.05, 0.1) is 41.7 Å². The summed E-state index contributed by atoms with van der Waals surface area (Å²) in [6.45, 7) is 4.60. The number of nitriles is 1. The molecule has 1 unspecified atom stereocenters. The van der Waals surface area contributed by atoms with Gasteiger partial charge in [0.1, 0.15) is 0 Å². The summed E-state index contributed by atoms with van der Waals surface area (Å²) in [6.07, 6.45) is 2.36. The molecule has 0 aliphatic rings. The minimum Gasteiger partial charge on any atom is -0.345 e. The number of carbonyl (C=O) groups excluding carboxylic acids is 1. The van der Waals surface area contributed by atoms with Crippen LogP contribution in [0.25, 0.3) is 0 Å². The van der Waals surface area contributed by atoms with Crippen molar-refractivity contribution >= 4 is 5.91 Å². The molecule has 136 valence electrons. The largest absolute Gasteiger partial charge is 0.345 e. The zero-order chi connectivity index (χ0) is 19.2. The lowest BCUT2D eigenvalue weighted by atomic mass is 10.1. The van der Waals surface area contributed by atoms with Crippen LogP contribution >= 0.6 is 0 Å². The van der Waals surface area contributed by atoms with Crippen LogP contribution in [0.4, 0.5) is 0 Å². The van der Waals surface area contributed by atoms with Gasteiger partial charge in [-0.3, -0.25) is 9.48 Å². The predicted molar refractivity (Wildman–Crippen MR) is 104 cm³/mol. The van der Waals surface area contributed by atoms with Crippen molar-refractivity contribution in [3.05, 3.63) is 88.7 Å². The number of amides is 1. The summed E-state index contributed by atoms with van der Waals surface area (Å²) in [6, 6.07) is 19.3. The molecule has 1 atom stereocenters. The molecule has 1 N–H and O–H groups in total. The Bertz CT molecular complexity index is 952. The summed E-state index contributed by atoms with van der Waals surface area (Å²) in [7, 11) is 0. The van der Waals surface area contributed by atoms with Gasteiger partial charge in [0.2, 0.25) is 0 Å². The molecule has 0 saturated carbocycles. The third kappa shape index (κ3) is 4.24. The molecule has 2 aromatic carbocycles. The molecule has 0 radical (unpaired) electrons. The van der Waals surface area contributed by atoms with Gasteiger partial charge in [-0.2, -0.15) is 10.4 Å². The fraction of sp³-hybridized carbons (Fsp3) is 0.227. The van der Waals surface area contributed by atoms with Crippen LogP contribution < -0.4 is 5.32 Å². The van der Waals surface area contributed by atoms with Gasteiger partial charge in [-0.25, -0.2) is 0 Å². The van der Waals surface area contributed by atoms with E-state index in [0.717, 1.165) is 23.2 Å². The van der Waals surface area contributed by atoms with Crippen molar-refractivity contribution in [1.82, 2.24) is 15.1 Å². The predicted octanol–water partition coefficient (Wildman–Crippen LogP) is 3.86. The van der Waals surface area contributed by atoms with E-state index in [2.05, 4.69) is 16.5 Å². The highest BCUT2D eigenvalue weighted by Crippen LogP contribution is 2.17. The van der Waals surface area contributed by atoms with Crippen molar-refractivity contribution in [2.24, 2.45) is 0 Å². The van der Waals surface area contributed by atoms with Crippen molar-refractivity contribution < 1.29 is 4.79 Å². The highest BCUT2D eigenvalue weighted by molar-refractivity contribution is 5.95. The number of benzene rings is 2. The standard InChI is InChI=1S/C22H22N4O/c1-3-21-20(14-24-26(21)15-18-7-5-4-6-8-18)22(27)25-16(2)19-11-9-17(13-23)10-12-19/h4-12,14,16H,3,15H2,1-2H3,(H,25,27). The highest BCUT2D eigenvalue weighted by atomic mass is 16.1. The van der Waals surface area contributed by atoms with Gasteiger partial charge in [-0.1, -0.05) is 49.4 Å². The topological polar surface area (TPSA) is 70.7 Å².